The monoisotopic (exact) mass is 388 g/mol. The zero-order valence-corrected chi connectivity index (χ0v) is 14.6. The number of nitrogens with zero attached hydrogens (tertiary/aromatic N) is 3. The van der Waals surface area contributed by atoms with Crippen molar-refractivity contribution in [1.29, 1.82) is 0 Å². The van der Waals surface area contributed by atoms with Gasteiger partial charge < -0.3 is 14.3 Å². The number of carbonyl (C=O) groups is 1. The molecule has 1 N–H and O–H groups in total. The van der Waals surface area contributed by atoms with E-state index in [1.807, 2.05) is 35.0 Å². The van der Waals surface area contributed by atoms with Crippen molar-refractivity contribution in [2.75, 3.05) is 6.54 Å². The minimum Gasteiger partial charge on any atom is -0.356 e. The van der Waals surface area contributed by atoms with Crippen molar-refractivity contribution >= 4 is 27.5 Å². The van der Waals surface area contributed by atoms with E-state index < -0.39 is 0 Å². The molecule has 0 saturated heterocycles. The number of nitrogens with one attached hydrogen (secondary N) is 1. The molecule has 0 aliphatic rings. The molecular weight excluding hydrogens is 372 g/mol. The van der Waals surface area contributed by atoms with Crippen LogP contribution in [0.15, 0.2) is 58.2 Å². The molecule has 6 nitrogen and oxygen atoms in total. The van der Waals surface area contributed by atoms with Crippen molar-refractivity contribution in [3.05, 3.63) is 69.4 Å². The second-order valence-corrected chi connectivity index (χ2v) is 6.34. The number of amides is 1. The van der Waals surface area contributed by atoms with Crippen LogP contribution >= 0.6 is 15.9 Å². The van der Waals surface area contributed by atoms with Gasteiger partial charge in [0, 0.05) is 55.1 Å². The second kappa shape index (κ2) is 7.44. The molecule has 3 rings (SSSR count). The third kappa shape index (κ3) is 4.11. The second-order valence-electron chi connectivity index (χ2n) is 5.43. The van der Waals surface area contributed by atoms with Gasteiger partial charge >= 0.3 is 0 Å². The van der Waals surface area contributed by atoms with Crippen LogP contribution < -0.4 is 10.9 Å². The molecule has 0 bridgehead atoms. The maximum Gasteiger partial charge on any atom is 0.250 e. The quantitative estimate of drug-likeness (QED) is 0.702. The first kappa shape index (κ1) is 16.4. The van der Waals surface area contributed by atoms with E-state index in [9.17, 15) is 9.59 Å². The Hall–Kier alpha value is -2.41. The average molecular weight is 389 g/mol. The molecule has 3 heterocycles. The average Bonchev–Trinajstić information content (AvgIpc) is 2.98. The summed E-state index contributed by atoms with van der Waals surface area (Å²) in [6.45, 7) is 0.884. The van der Waals surface area contributed by atoms with Gasteiger partial charge in [-0.2, -0.15) is 0 Å². The lowest BCUT2D eigenvalue weighted by Gasteiger charge is -2.07. The standard InChI is InChI=1S/C17H17BrN4O2/c18-13-4-5-17(24)22(11-13)10-7-16(23)19-8-6-14-12-21-9-2-1-3-15(21)20-14/h1-5,9,11-12H,6-8,10H2,(H,19,23). The first-order valence-corrected chi connectivity index (χ1v) is 8.46. The predicted molar refractivity (Wildman–Crippen MR) is 94.9 cm³/mol. The Bertz CT molecular complexity index is 883. The molecule has 24 heavy (non-hydrogen) atoms. The van der Waals surface area contributed by atoms with Crippen LogP contribution in [-0.2, 0) is 17.8 Å². The van der Waals surface area contributed by atoms with Gasteiger partial charge in [-0.25, -0.2) is 4.98 Å². The number of aryl methyl sites for hydroxylation is 1. The zero-order chi connectivity index (χ0) is 16.9. The minimum absolute atomic E-state index is 0.0781. The van der Waals surface area contributed by atoms with E-state index in [-0.39, 0.29) is 17.9 Å². The predicted octanol–water partition coefficient (Wildman–Crippen LogP) is 2.01. The van der Waals surface area contributed by atoms with Crippen molar-refractivity contribution in [3.63, 3.8) is 0 Å². The van der Waals surface area contributed by atoms with E-state index in [4.69, 9.17) is 0 Å². The van der Waals surface area contributed by atoms with E-state index in [0.29, 0.717) is 19.5 Å². The lowest BCUT2D eigenvalue weighted by Crippen LogP contribution is -2.28. The van der Waals surface area contributed by atoms with Crippen LogP contribution in [0.5, 0.6) is 0 Å². The summed E-state index contributed by atoms with van der Waals surface area (Å²) in [7, 11) is 0. The highest BCUT2D eigenvalue weighted by Crippen LogP contribution is 2.06. The summed E-state index contributed by atoms with van der Waals surface area (Å²) in [5.74, 6) is -0.0781. The van der Waals surface area contributed by atoms with Gasteiger partial charge in [0.25, 0.3) is 5.56 Å². The summed E-state index contributed by atoms with van der Waals surface area (Å²) in [4.78, 5) is 28.1. The molecule has 0 aliphatic heterocycles. The number of pyridine rings is 2. The Morgan fingerprint density at radius 3 is 2.92 bits per heavy atom. The Labute approximate surface area is 147 Å². The molecule has 3 aromatic heterocycles. The molecule has 3 aromatic rings. The smallest absolute Gasteiger partial charge is 0.250 e. The van der Waals surface area contributed by atoms with Crippen molar-refractivity contribution in [3.8, 4) is 0 Å². The van der Waals surface area contributed by atoms with Crippen LogP contribution in [0, 0.1) is 0 Å². The molecule has 0 unspecified atom stereocenters. The lowest BCUT2D eigenvalue weighted by atomic mass is 10.3. The Balaban J connectivity index is 1.47. The highest BCUT2D eigenvalue weighted by molar-refractivity contribution is 9.10. The first-order chi connectivity index (χ1) is 11.6. The number of carbonyl (C=O) groups excluding carboxylic acids is 1. The highest BCUT2D eigenvalue weighted by atomic mass is 79.9. The van der Waals surface area contributed by atoms with Crippen LogP contribution in [0.3, 0.4) is 0 Å². The zero-order valence-electron chi connectivity index (χ0n) is 13.0. The number of aromatic nitrogens is 3. The normalized spacial score (nSPS) is 10.9. The largest absolute Gasteiger partial charge is 0.356 e. The SMILES string of the molecule is O=C(CCn1cc(Br)ccc1=O)NCCc1cn2ccccc2n1. The van der Waals surface area contributed by atoms with Crippen LogP contribution in [0.1, 0.15) is 12.1 Å². The number of hydrogen-bond donors (Lipinski definition) is 1. The van der Waals surface area contributed by atoms with Crippen LogP contribution in [0.25, 0.3) is 5.65 Å². The van der Waals surface area contributed by atoms with Gasteiger partial charge in [0.15, 0.2) is 0 Å². The number of imidazole rings is 1. The summed E-state index contributed by atoms with van der Waals surface area (Å²) in [6.07, 6.45) is 6.53. The Kier molecular flexibility index (Phi) is 5.10. The highest BCUT2D eigenvalue weighted by Gasteiger charge is 2.05. The van der Waals surface area contributed by atoms with E-state index in [1.54, 1.807) is 12.3 Å². The molecule has 0 aromatic carbocycles. The fraction of sp³-hybridized carbons (Fsp3) is 0.235. The van der Waals surface area contributed by atoms with E-state index in [0.717, 1.165) is 15.8 Å². The number of hydrogen-bond acceptors (Lipinski definition) is 3. The van der Waals surface area contributed by atoms with Gasteiger partial charge in [-0.3, -0.25) is 9.59 Å². The van der Waals surface area contributed by atoms with Crippen molar-refractivity contribution in [2.24, 2.45) is 0 Å². The van der Waals surface area contributed by atoms with Crippen molar-refractivity contribution < 1.29 is 4.79 Å². The van der Waals surface area contributed by atoms with Gasteiger partial charge in [-0.15, -0.1) is 0 Å². The molecule has 0 radical (unpaired) electrons. The van der Waals surface area contributed by atoms with Crippen LogP contribution in [-0.4, -0.2) is 26.4 Å². The molecule has 1 amide bonds. The fourth-order valence-electron chi connectivity index (χ4n) is 2.42. The molecule has 0 atom stereocenters. The first-order valence-electron chi connectivity index (χ1n) is 7.67. The topological polar surface area (TPSA) is 68.4 Å². The van der Waals surface area contributed by atoms with Crippen LogP contribution in [0.4, 0.5) is 0 Å². The van der Waals surface area contributed by atoms with E-state index in [1.165, 1.54) is 10.6 Å². The van der Waals surface area contributed by atoms with Gasteiger partial charge in [0.2, 0.25) is 5.91 Å². The van der Waals surface area contributed by atoms with Gasteiger partial charge in [-0.05, 0) is 34.1 Å². The molecule has 0 spiro atoms. The maximum atomic E-state index is 11.9. The molecule has 124 valence electrons. The minimum atomic E-state index is -0.115. The molecule has 0 fully saturated rings. The molecule has 7 heteroatoms. The Morgan fingerprint density at radius 1 is 1.21 bits per heavy atom. The summed E-state index contributed by atoms with van der Waals surface area (Å²) >= 11 is 3.32. The number of rotatable bonds is 6. The van der Waals surface area contributed by atoms with Gasteiger partial charge in [0.05, 0.1) is 5.69 Å². The van der Waals surface area contributed by atoms with Gasteiger partial charge in [0.1, 0.15) is 5.65 Å². The summed E-state index contributed by atoms with van der Waals surface area (Å²) in [5.41, 5.74) is 1.72. The third-order valence-corrected chi connectivity index (χ3v) is 4.11. The maximum absolute atomic E-state index is 11.9. The summed E-state index contributed by atoms with van der Waals surface area (Å²) in [6, 6.07) is 9.00. The molecular formula is C17H17BrN4O2. The number of halogens is 1. The van der Waals surface area contributed by atoms with Crippen molar-refractivity contribution in [1.82, 2.24) is 19.3 Å². The lowest BCUT2D eigenvalue weighted by molar-refractivity contribution is -0.121. The van der Waals surface area contributed by atoms with Gasteiger partial charge in [-0.1, -0.05) is 6.07 Å². The Morgan fingerprint density at radius 2 is 2.08 bits per heavy atom. The molecule has 0 aliphatic carbocycles. The van der Waals surface area contributed by atoms with Crippen molar-refractivity contribution in [2.45, 2.75) is 19.4 Å². The van der Waals surface area contributed by atoms with Crippen LogP contribution in [0.2, 0.25) is 0 Å². The number of fused-ring (bicyclic) bond motifs is 1. The summed E-state index contributed by atoms with van der Waals surface area (Å²) < 4.78 is 4.29. The van der Waals surface area contributed by atoms with E-state index >= 15 is 0 Å². The fourth-order valence-corrected chi connectivity index (χ4v) is 2.80. The van der Waals surface area contributed by atoms with E-state index in [2.05, 4.69) is 26.2 Å². The molecule has 0 saturated carbocycles. The third-order valence-electron chi connectivity index (χ3n) is 3.64. The summed E-state index contributed by atoms with van der Waals surface area (Å²) in [5, 5.41) is 2.86.